The molecule has 408 valence electrons. The fourth-order valence-electron chi connectivity index (χ4n) is 8.24. The van der Waals surface area contributed by atoms with E-state index in [9.17, 15) is 34.5 Å². The molecule has 0 spiro atoms. The summed E-state index contributed by atoms with van der Waals surface area (Å²) in [6.07, 6.45) is 44.9. The van der Waals surface area contributed by atoms with Crippen molar-refractivity contribution in [3.8, 4) is 0 Å². The summed E-state index contributed by atoms with van der Waals surface area (Å²) in [6.45, 7) is 5.81. The zero-order chi connectivity index (χ0) is 51.8. The van der Waals surface area contributed by atoms with E-state index in [1.54, 1.807) is 0 Å². The molecule has 1 saturated heterocycles. The Hall–Kier alpha value is -3.58. The van der Waals surface area contributed by atoms with Gasteiger partial charge in [0.15, 0.2) is 24.6 Å². The summed E-state index contributed by atoms with van der Waals surface area (Å²) < 4.78 is 28.3. The fourth-order valence-corrected chi connectivity index (χ4v) is 8.24. The number of carbonyl (C=O) groups is 4. The molecule has 0 aromatic rings. The molecule has 0 saturated carbocycles. The Balaban J connectivity index is 2.67. The molecule has 1 aliphatic rings. The molecule has 0 amide bonds. The SMILES string of the molecule is CC/C=C\C/C=C\C/C=C\CCCCCCCC(=O)OCC(COC1OC(C(=O)O)C(O)C(O)C1OC(=O)CCCCCCCCC/C=C\C/C=C\CCCCC)OC(=O)CCCCCCCCCCC. The Morgan fingerprint density at radius 3 is 1.38 bits per heavy atom. The molecular formula is C59H100O12. The quantitative estimate of drug-likeness (QED) is 0.0228. The van der Waals surface area contributed by atoms with Crippen molar-refractivity contribution in [2.75, 3.05) is 13.2 Å². The second-order valence-electron chi connectivity index (χ2n) is 19.2. The lowest BCUT2D eigenvalue weighted by atomic mass is 9.98. The van der Waals surface area contributed by atoms with Crippen LogP contribution in [0.5, 0.6) is 0 Å². The standard InChI is InChI=1S/C59H100O12/c1-4-7-10-13-16-19-21-23-25-26-28-30-32-35-38-41-44-47-53(62)70-57-55(64)54(63)56(58(65)66)71-59(57)68-49-50(69-52(61)46-43-40-37-33-18-15-12-9-6-3)48-67-51(60)45-42-39-36-34-31-29-27-24-22-20-17-14-11-8-5-2/h8,11,16-17,19-20,23-25,27,50,54-57,59,63-64H,4-7,9-10,12-15,18,21-22,26,28-49H2,1-3H3,(H,65,66)/b11-8-,19-16-,20-17-,25-23-,27-24-. The Kier molecular flexibility index (Phi) is 43.7. The third kappa shape index (κ3) is 37.8. The van der Waals surface area contributed by atoms with Gasteiger partial charge in [0.25, 0.3) is 0 Å². The highest BCUT2D eigenvalue weighted by Crippen LogP contribution is 2.26. The average Bonchev–Trinajstić information content (AvgIpc) is 3.35. The number of aliphatic carboxylic acids is 1. The molecule has 1 aliphatic heterocycles. The van der Waals surface area contributed by atoms with Crippen molar-refractivity contribution in [2.24, 2.45) is 0 Å². The summed E-state index contributed by atoms with van der Waals surface area (Å²) in [5.41, 5.74) is 0. The average molecular weight is 1000 g/mol. The number of allylic oxidation sites excluding steroid dienone is 10. The number of ether oxygens (including phenoxy) is 5. The van der Waals surface area contributed by atoms with E-state index in [0.717, 1.165) is 128 Å². The van der Waals surface area contributed by atoms with Gasteiger partial charge in [0.2, 0.25) is 0 Å². The van der Waals surface area contributed by atoms with Gasteiger partial charge in [-0.1, -0.05) is 197 Å². The molecule has 0 bridgehead atoms. The van der Waals surface area contributed by atoms with Crippen molar-refractivity contribution >= 4 is 23.9 Å². The zero-order valence-electron chi connectivity index (χ0n) is 44.7. The number of unbranched alkanes of at least 4 members (excludes halogenated alkanes) is 23. The number of carboxylic acid groups (broad SMARTS) is 1. The van der Waals surface area contributed by atoms with Crippen LogP contribution in [0.1, 0.15) is 239 Å². The van der Waals surface area contributed by atoms with E-state index in [2.05, 4.69) is 81.5 Å². The Morgan fingerprint density at radius 1 is 0.479 bits per heavy atom. The van der Waals surface area contributed by atoms with Crippen LogP contribution in [0.15, 0.2) is 60.8 Å². The summed E-state index contributed by atoms with van der Waals surface area (Å²) in [6, 6.07) is 0. The lowest BCUT2D eigenvalue weighted by Gasteiger charge is -2.40. The summed E-state index contributed by atoms with van der Waals surface area (Å²) in [4.78, 5) is 50.9. The number of hydrogen-bond donors (Lipinski definition) is 3. The highest BCUT2D eigenvalue weighted by molar-refractivity contribution is 5.74. The lowest BCUT2D eigenvalue weighted by Crippen LogP contribution is -2.61. The first-order chi connectivity index (χ1) is 34.6. The summed E-state index contributed by atoms with van der Waals surface area (Å²) in [7, 11) is 0. The van der Waals surface area contributed by atoms with Crippen LogP contribution in [0.3, 0.4) is 0 Å². The van der Waals surface area contributed by atoms with E-state index >= 15 is 0 Å². The minimum absolute atomic E-state index is 0.0500. The van der Waals surface area contributed by atoms with Gasteiger partial charge in [-0.15, -0.1) is 0 Å². The molecule has 6 unspecified atom stereocenters. The molecule has 6 atom stereocenters. The molecule has 1 heterocycles. The number of esters is 3. The van der Waals surface area contributed by atoms with Crippen LogP contribution >= 0.6 is 0 Å². The molecule has 0 aliphatic carbocycles. The highest BCUT2D eigenvalue weighted by atomic mass is 16.7. The molecule has 1 fully saturated rings. The molecule has 0 aromatic carbocycles. The number of aliphatic hydroxyl groups excluding tert-OH is 2. The van der Waals surface area contributed by atoms with Gasteiger partial charge < -0.3 is 39.0 Å². The van der Waals surface area contributed by atoms with Gasteiger partial charge in [-0.2, -0.15) is 0 Å². The maximum absolute atomic E-state index is 13.0. The highest BCUT2D eigenvalue weighted by Gasteiger charge is 2.50. The minimum atomic E-state index is -1.91. The Bertz CT molecular complexity index is 1470. The molecular weight excluding hydrogens is 901 g/mol. The van der Waals surface area contributed by atoms with Gasteiger partial charge in [0.1, 0.15) is 18.8 Å². The van der Waals surface area contributed by atoms with E-state index in [1.807, 2.05) is 0 Å². The maximum atomic E-state index is 13.0. The lowest BCUT2D eigenvalue weighted by molar-refractivity contribution is -0.301. The molecule has 1 rings (SSSR count). The van der Waals surface area contributed by atoms with Gasteiger partial charge >= 0.3 is 23.9 Å². The first kappa shape index (κ1) is 65.4. The largest absolute Gasteiger partial charge is 0.479 e. The third-order valence-electron chi connectivity index (χ3n) is 12.6. The van der Waals surface area contributed by atoms with Crippen molar-refractivity contribution in [2.45, 2.75) is 276 Å². The summed E-state index contributed by atoms with van der Waals surface area (Å²) >= 11 is 0. The number of carbonyl (C=O) groups excluding carboxylic acids is 3. The minimum Gasteiger partial charge on any atom is -0.479 e. The Morgan fingerprint density at radius 2 is 0.887 bits per heavy atom. The predicted molar refractivity (Wildman–Crippen MR) is 285 cm³/mol. The second-order valence-corrected chi connectivity index (χ2v) is 19.2. The van der Waals surface area contributed by atoms with Crippen molar-refractivity contribution < 1.29 is 58.2 Å². The van der Waals surface area contributed by atoms with Gasteiger partial charge in [-0.05, 0) is 83.5 Å². The monoisotopic (exact) mass is 1000 g/mol. The molecule has 0 radical (unpaired) electrons. The van der Waals surface area contributed by atoms with Crippen LogP contribution in [-0.4, -0.2) is 89.2 Å². The number of rotatable bonds is 47. The van der Waals surface area contributed by atoms with E-state index in [0.29, 0.717) is 19.3 Å². The van der Waals surface area contributed by atoms with Crippen LogP contribution in [0.25, 0.3) is 0 Å². The number of aliphatic hydroxyl groups is 2. The topological polar surface area (TPSA) is 175 Å². The van der Waals surface area contributed by atoms with E-state index in [4.69, 9.17) is 23.7 Å². The van der Waals surface area contributed by atoms with Crippen LogP contribution in [0.2, 0.25) is 0 Å². The molecule has 71 heavy (non-hydrogen) atoms. The summed E-state index contributed by atoms with van der Waals surface area (Å²) in [5.74, 6) is -3.15. The normalized spacial score (nSPS) is 18.9. The third-order valence-corrected chi connectivity index (χ3v) is 12.6. The smallest absolute Gasteiger partial charge is 0.335 e. The van der Waals surface area contributed by atoms with Crippen LogP contribution in [0, 0.1) is 0 Å². The van der Waals surface area contributed by atoms with Crippen LogP contribution < -0.4 is 0 Å². The number of carboxylic acids is 1. The van der Waals surface area contributed by atoms with Crippen molar-refractivity contribution in [3.05, 3.63) is 60.8 Å². The molecule has 3 N–H and O–H groups in total. The summed E-state index contributed by atoms with van der Waals surface area (Å²) in [5, 5.41) is 31.4. The van der Waals surface area contributed by atoms with Crippen molar-refractivity contribution in [1.82, 2.24) is 0 Å². The molecule has 12 heteroatoms. The van der Waals surface area contributed by atoms with Gasteiger partial charge in [-0.3, -0.25) is 14.4 Å². The molecule has 12 nitrogen and oxygen atoms in total. The van der Waals surface area contributed by atoms with Gasteiger partial charge in [-0.25, -0.2) is 4.79 Å². The zero-order valence-corrected chi connectivity index (χ0v) is 44.7. The van der Waals surface area contributed by atoms with E-state index in [1.165, 1.54) is 51.4 Å². The number of hydrogen-bond acceptors (Lipinski definition) is 11. The first-order valence-electron chi connectivity index (χ1n) is 28.3. The van der Waals surface area contributed by atoms with Gasteiger partial charge in [0.05, 0.1) is 6.61 Å². The first-order valence-corrected chi connectivity index (χ1v) is 28.3. The van der Waals surface area contributed by atoms with Crippen molar-refractivity contribution in [1.29, 1.82) is 0 Å². The second kappa shape index (κ2) is 47.4. The van der Waals surface area contributed by atoms with E-state index < -0.39 is 67.3 Å². The Labute approximate surface area is 430 Å². The maximum Gasteiger partial charge on any atom is 0.335 e. The fraction of sp³-hybridized carbons (Fsp3) is 0.763. The van der Waals surface area contributed by atoms with Crippen LogP contribution in [0.4, 0.5) is 0 Å². The van der Waals surface area contributed by atoms with E-state index in [-0.39, 0.29) is 25.9 Å². The van der Waals surface area contributed by atoms with Crippen LogP contribution in [-0.2, 0) is 42.9 Å². The predicted octanol–water partition coefficient (Wildman–Crippen LogP) is 14.0. The molecule has 0 aromatic heterocycles. The van der Waals surface area contributed by atoms with Gasteiger partial charge in [0, 0.05) is 19.3 Å². The van der Waals surface area contributed by atoms with Crippen molar-refractivity contribution in [3.63, 3.8) is 0 Å².